The normalized spacial score (nSPS) is 15.9. The fourth-order valence-corrected chi connectivity index (χ4v) is 1.62. The van der Waals surface area contributed by atoms with Gasteiger partial charge in [0.25, 0.3) is 0 Å². The molecule has 0 amide bonds. The molecule has 14 heavy (non-hydrogen) atoms. The van der Waals surface area contributed by atoms with E-state index in [-0.39, 0.29) is 6.10 Å². The summed E-state index contributed by atoms with van der Waals surface area (Å²) in [6.07, 6.45) is -0.383. The summed E-state index contributed by atoms with van der Waals surface area (Å²) in [5.41, 5.74) is 0. The van der Waals surface area contributed by atoms with Crippen molar-refractivity contribution in [2.24, 2.45) is 5.92 Å². The summed E-state index contributed by atoms with van der Waals surface area (Å²) in [5.74, 6) is 0.597. The van der Waals surface area contributed by atoms with Gasteiger partial charge < -0.3 is 20.1 Å². The van der Waals surface area contributed by atoms with E-state index in [9.17, 15) is 5.11 Å². The molecule has 0 aliphatic carbocycles. The number of nitrogens with one attached hydrogen (secondary N) is 1. The van der Waals surface area contributed by atoms with Gasteiger partial charge in [-0.05, 0) is 26.6 Å². The van der Waals surface area contributed by atoms with Gasteiger partial charge in [-0.2, -0.15) is 0 Å². The Labute approximate surface area is 87.2 Å². The van der Waals surface area contributed by atoms with Gasteiger partial charge in [-0.25, -0.2) is 0 Å². The van der Waals surface area contributed by atoms with Crippen LogP contribution in [-0.4, -0.2) is 63.6 Å². The lowest BCUT2D eigenvalue weighted by atomic mass is 10.1. The summed E-state index contributed by atoms with van der Waals surface area (Å²) in [5, 5.41) is 12.6. The fraction of sp³-hybridized carbons (Fsp3) is 1.00. The Morgan fingerprint density at radius 3 is 2.57 bits per heavy atom. The highest BCUT2D eigenvalue weighted by atomic mass is 16.5. The minimum Gasteiger partial charge on any atom is -0.389 e. The fourth-order valence-electron chi connectivity index (χ4n) is 1.62. The summed E-state index contributed by atoms with van der Waals surface area (Å²) in [6.45, 7) is 5.26. The maximum Gasteiger partial charge on any atom is 0.0899 e. The third-order valence-electron chi connectivity index (χ3n) is 2.06. The molecule has 0 saturated carbocycles. The summed E-state index contributed by atoms with van der Waals surface area (Å²) < 4.78 is 4.87. The average Bonchev–Trinajstić information content (AvgIpc) is 2.03. The highest BCUT2D eigenvalue weighted by Crippen LogP contribution is 1.98. The van der Waals surface area contributed by atoms with E-state index in [0.717, 1.165) is 13.1 Å². The minimum atomic E-state index is -0.383. The second kappa shape index (κ2) is 8.17. The summed E-state index contributed by atoms with van der Waals surface area (Å²) in [6, 6.07) is 0. The molecular weight excluding hydrogens is 180 g/mol. The van der Waals surface area contributed by atoms with Gasteiger partial charge in [-0.3, -0.25) is 0 Å². The van der Waals surface area contributed by atoms with Gasteiger partial charge in [0.05, 0.1) is 12.7 Å². The van der Waals surface area contributed by atoms with Crippen molar-refractivity contribution in [2.75, 3.05) is 47.4 Å². The lowest BCUT2D eigenvalue weighted by Gasteiger charge is -2.23. The molecule has 0 bridgehead atoms. The van der Waals surface area contributed by atoms with Crippen LogP contribution < -0.4 is 5.32 Å². The first kappa shape index (κ1) is 13.8. The first-order chi connectivity index (χ1) is 6.60. The summed E-state index contributed by atoms with van der Waals surface area (Å²) >= 11 is 0. The minimum absolute atomic E-state index is 0.383. The molecule has 2 N–H and O–H groups in total. The van der Waals surface area contributed by atoms with Crippen molar-refractivity contribution in [1.29, 1.82) is 0 Å². The van der Waals surface area contributed by atoms with E-state index >= 15 is 0 Å². The van der Waals surface area contributed by atoms with Gasteiger partial charge in [-0.1, -0.05) is 6.92 Å². The molecule has 0 aromatic heterocycles. The molecule has 4 heteroatoms. The number of nitrogens with zero attached hydrogens (tertiary/aromatic N) is 1. The molecule has 0 fully saturated rings. The van der Waals surface area contributed by atoms with Gasteiger partial charge >= 0.3 is 0 Å². The van der Waals surface area contributed by atoms with Crippen molar-refractivity contribution < 1.29 is 9.84 Å². The van der Waals surface area contributed by atoms with Crippen molar-refractivity contribution in [1.82, 2.24) is 10.2 Å². The molecular formula is C10H24N2O2. The Morgan fingerprint density at radius 1 is 1.43 bits per heavy atom. The van der Waals surface area contributed by atoms with Gasteiger partial charge in [0, 0.05) is 20.2 Å². The van der Waals surface area contributed by atoms with Crippen molar-refractivity contribution >= 4 is 0 Å². The molecule has 0 aromatic rings. The Hall–Kier alpha value is -0.160. The lowest BCUT2D eigenvalue weighted by Crippen LogP contribution is -2.36. The molecule has 86 valence electrons. The topological polar surface area (TPSA) is 44.7 Å². The molecule has 2 atom stereocenters. The molecule has 0 rings (SSSR count). The van der Waals surface area contributed by atoms with Crippen LogP contribution in [0.2, 0.25) is 0 Å². The maximum absolute atomic E-state index is 9.48. The number of rotatable bonds is 8. The van der Waals surface area contributed by atoms with Crippen molar-refractivity contribution in [3.8, 4) is 0 Å². The maximum atomic E-state index is 9.48. The zero-order chi connectivity index (χ0) is 11.0. The Balaban J connectivity index is 3.57. The quantitative estimate of drug-likeness (QED) is 0.574. The van der Waals surface area contributed by atoms with E-state index in [1.165, 1.54) is 0 Å². The van der Waals surface area contributed by atoms with Gasteiger partial charge in [0.15, 0.2) is 0 Å². The molecule has 0 saturated heterocycles. The molecule has 0 heterocycles. The predicted octanol–water partition coefficient (Wildman–Crippen LogP) is -0.219. The van der Waals surface area contributed by atoms with E-state index in [1.807, 2.05) is 14.1 Å². The summed E-state index contributed by atoms with van der Waals surface area (Å²) in [4.78, 5) is 2.13. The Bertz CT molecular complexity index is 119. The molecule has 4 nitrogen and oxygen atoms in total. The summed E-state index contributed by atoms with van der Waals surface area (Å²) in [7, 11) is 5.58. The largest absolute Gasteiger partial charge is 0.389 e. The van der Waals surface area contributed by atoms with E-state index in [0.29, 0.717) is 19.1 Å². The number of aliphatic hydroxyl groups excluding tert-OH is 1. The molecule has 0 radical (unpaired) electrons. The van der Waals surface area contributed by atoms with Crippen molar-refractivity contribution in [3.05, 3.63) is 0 Å². The third-order valence-corrected chi connectivity index (χ3v) is 2.06. The van der Waals surface area contributed by atoms with E-state index < -0.39 is 0 Å². The first-order valence-corrected chi connectivity index (χ1v) is 5.10. The molecule has 2 unspecified atom stereocenters. The van der Waals surface area contributed by atoms with Crippen LogP contribution >= 0.6 is 0 Å². The Kier molecular flexibility index (Phi) is 8.08. The number of aliphatic hydroxyl groups is 1. The van der Waals surface area contributed by atoms with Gasteiger partial charge in [0.2, 0.25) is 0 Å². The van der Waals surface area contributed by atoms with Crippen LogP contribution in [-0.2, 0) is 4.74 Å². The van der Waals surface area contributed by atoms with Crippen LogP contribution in [0, 0.1) is 5.92 Å². The van der Waals surface area contributed by atoms with Crippen LogP contribution in [0.5, 0.6) is 0 Å². The first-order valence-electron chi connectivity index (χ1n) is 5.10. The van der Waals surface area contributed by atoms with Crippen LogP contribution in [0.4, 0.5) is 0 Å². The number of hydrogen-bond acceptors (Lipinski definition) is 4. The monoisotopic (exact) mass is 204 g/mol. The molecule has 0 aliphatic heterocycles. The zero-order valence-corrected chi connectivity index (χ0v) is 9.79. The number of ether oxygens (including phenoxy) is 1. The molecule has 0 spiro atoms. The van der Waals surface area contributed by atoms with Crippen LogP contribution in [0.25, 0.3) is 0 Å². The van der Waals surface area contributed by atoms with Crippen LogP contribution in [0.15, 0.2) is 0 Å². The second-order valence-electron chi connectivity index (χ2n) is 3.99. The standard InChI is InChI=1S/C10H24N2O2/c1-9(5-11-2)6-12(3)7-10(13)8-14-4/h9-11,13H,5-8H2,1-4H3. The Morgan fingerprint density at radius 2 is 2.07 bits per heavy atom. The van der Waals surface area contributed by atoms with E-state index in [1.54, 1.807) is 7.11 Å². The van der Waals surface area contributed by atoms with Gasteiger partial charge in [-0.15, -0.1) is 0 Å². The number of hydrogen-bond donors (Lipinski definition) is 2. The van der Waals surface area contributed by atoms with Crippen LogP contribution in [0.3, 0.4) is 0 Å². The highest BCUT2D eigenvalue weighted by molar-refractivity contribution is 4.64. The number of likely N-dealkylation sites (N-methyl/N-ethyl adjacent to an activating group) is 1. The van der Waals surface area contributed by atoms with Crippen molar-refractivity contribution in [3.63, 3.8) is 0 Å². The van der Waals surface area contributed by atoms with E-state index in [4.69, 9.17) is 4.74 Å². The van der Waals surface area contributed by atoms with Gasteiger partial charge in [0.1, 0.15) is 0 Å². The predicted molar refractivity (Wildman–Crippen MR) is 58.5 cm³/mol. The smallest absolute Gasteiger partial charge is 0.0899 e. The third kappa shape index (κ3) is 7.26. The lowest BCUT2D eigenvalue weighted by molar-refractivity contribution is 0.0409. The molecule has 0 aliphatic rings. The van der Waals surface area contributed by atoms with Crippen LogP contribution in [0.1, 0.15) is 6.92 Å². The number of methoxy groups -OCH3 is 1. The average molecular weight is 204 g/mol. The highest BCUT2D eigenvalue weighted by Gasteiger charge is 2.10. The second-order valence-corrected chi connectivity index (χ2v) is 3.99. The molecule has 0 aromatic carbocycles. The van der Waals surface area contributed by atoms with Crippen molar-refractivity contribution in [2.45, 2.75) is 13.0 Å². The SMILES string of the molecule is CNCC(C)CN(C)CC(O)COC. The van der Waals surface area contributed by atoms with E-state index in [2.05, 4.69) is 17.1 Å². The zero-order valence-electron chi connectivity index (χ0n) is 9.79.